The number of tetrazole rings is 1. The zero-order valence-electron chi connectivity index (χ0n) is 19.5. The fourth-order valence-corrected chi connectivity index (χ4v) is 3.79. The van der Waals surface area contributed by atoms with E-state index in [-0.39, 0.29) is 11.5 Å². The molecule has 0 atom stereocenters. The third kappa shape index (κ3) is 4.71. The van der Waals surface area contributed by atoms with Crippen LogP contribution in [0.2, 0.25) is 0 Å². The predicted octanol–water partition coefficient (Wildman–Crippen LogP) is 4.12. The second-order valence-corrected chi connectivity index (χ2v) is 8.03. The lowest BCUT2D eigenvalue weighted by Gasteiger charge is -2.11. The first-order chi connectivity index (χ1) is 16.3. The van der Waals surface area contributed by atoms with Gasteiger partial charge in [-0.25, -0.2) is 4.79 Å². The van der Waals surface area contributed by atoms with Crippen LogP contribution in [-0.2, 0) is 9.53 Å². The Kier molecular flexibility index (Phi) is 6.49. The molecule has 4 aromatic rings. The van der Waals surface area contributed by atoms with E-state index in [1.807, 2.05) is 86.0 Å². The molecule has 0 unspecified atom stereocenters. The number of aromatic nitrogens is 5. The standard InChI is InChI=1S/C26H25N5O3/c1-17-10-12-22(13-11-17)30-18(2)14-23(19(30)3)25(32)16-34-26(33)24(31-20(4)27-28-29-31)15-21-8-6-5-7-9-21/h5-15H,16H2,1-4H3/b24-15-. The van der Waals surface area contributed by atoms with Crippen LogP contribution >= 0.6 is 0 Å². The number of Topliss-reactive ketones (excluding diaryl/α,β-unsaturated/α-hetero) is 1. The Morgan fingerprint density at radius 1 is 0.971 bits per heavy atom. The molecule has 0 bridgehead atoms. The minimum Gasteiger partial charge on any atom is -0.453 e. The fourth-order valence-electron chi connectivity index (χ4n) is 3.79. The first kappa shape index (κ1) is 22.8. The van der Waals surface area contributed by atoms with Crippen LogP contribution in [0.4, 0.5) is 0 Å². The second kappa shape index (κ2) is 9.66. The van der Waals surface area contributed by atoms with Gasteiger partial charge in [0.15, 0.2) is 18.1 Å². The maximum atomic E-state index is 13.0. The highest BCUT2D eigenvalue weighted by atomic mass is 16.5. The van der Waals surface area contributed by atoms with Crippen LogP contribution in [0.3, 0.4) is 0 Å². The number of carbonyl (C=O) groups excluding carboxylic acids is 2. The Morgan fingerprint density at radius 2 is 1.68 bits per heavy atom. The van der Waals surface area contributed by atoms with Crippen molar-refractivity contribution in [3.05, 3.63) is 94.6 Å². The molecule has 0 aliphatic heterocycles. The molecule has 4 rings (SSSR count). The minimum absolute atomic E-state index is 0.117. The summed E-state index contributed by atoms with van der Waals surface area (Å²) in [5.74, 6) is -0.556. The zero-order chi connectivity index (χ0) is 24.2. The first-order valence-electron chi connectivity index (χ1n) is 10.8. The molecule has 2 aromatic heterocycles. The molecule has 0 aliphatic carbocycles. The van der Waals surface area contributed by atoms with Crippen LogP contribution in [0, 0.1) is 27.7 Å². The lowest BCUT2D eigenvalue weighted by molar-refractivity contribution is -0.136. The number of ketones is 1. The maximum absolute atomic E-state index is 13.0. The van der Waals surface area contributed by atoms with Crippen molar-refractivity contribution in [3.63, 3.8) is 0 Å². The van der Waals surface area contributed by atoms with Gasteiger partial charge in [-0.1, -0.05) is 48.0 Å². The molecular formula is C26H25N5O3. The first-order valence-corrected chi connectivity index (χ1v) is 10.8. The highest BCUT2D eigenvalue weighted by Gasteiger charge is 2.22. The van der Waals surface area contributed by atoms with E-state index in [1.54, 1.807) is 13.0 Å². The number of hydrogen-bond acceptors (Lipinski definition) is 6. The van der Waals surface area contributed by atoms with Crippen LogP contribution in [0.1, 0.15) is 38.7 Å². The van der Waals surface area contributed by atoms with Gasteiger partial charge in [-0.3, -0.25) is 4.79 Å². The van der Waals surface area contributed by atoms with E-state index in [1.165, 1.54) is 4.68 Å². The van der Waals surface area contributed by atoms with Gasteiger partial charge in [-0.05, 0) is 68.0 Å². The number of rotatable bonds is 7. The summed E-state index contributed by atoms with van der Waals surface area (Å²) in [6.07, 6.45) is 1.62. The third-order valence-corrected chi connectivity index (χ3v) is 5.52. The van der Waals surface area contributed by atoms with E-state index in [4.69, 9.17) is 4.74 Å². The molecule has 0 amide bonds. The van der Waals surface area contributed by atoms with Gasteiger partial charge in [0.1, 0.15) is 0 Å². The van der Waals surface area contributed by atoms with Gasteiger partial charge in [0.2, 0.25) is 5.78 Å². The Labute approximate surface area is 197 Å². The third-order valence-electron chi connectivity index (χ3n) is 5.52. The van der Waals surface area contributed by atoms with E-state index < -0.39 is 12.6 Å². The Hall–Kier alpha value is -4.33. The van der Waals surface area contributed by atoms with Crippen molar-refractivity contribution in [2.45, 2.75) is 27.7 Å². The van der Waals surface area contributed by atoms with E-state index >= 15 is 0 Å². The van der Waals surface area contributed by atoms with Crippen molar-refractivity contribution in [1.82, 2.24) is 24.8 Å². The predicted molar refractivity (Wildman–Crippen MR) is 128 cm³/mol. The zero-order valence-corrected chi connectivity index (χ0v) is 19.5. The van der Waals surface area contributed by atoms with E-state index in [9.17, 15) is 9.59 Å². The largest absolute Gasteiger partial charge is 0.453 e. The van der Waals surface area contributed by atoms with E-state index in [0.717, 1.165) is 28.2 Å². The van der Waals surface area contributed by atoms with Gasteiger partial charge in [-0.15, -0.1) is 5.10 Å². The van der Waals surface area contributed by atoms with Crippen LogP contribution in [0.15, 0.2) is 60.7 Å². The van der Waals surface area contributed by atoms with Crippen LogP contribution in [-0.4, -0.2) is 43.1 Å². The van der Waals surface area contributed by atoms with Gasteiger partial charge in [-0.2, -0.15) is 4.68 Å². The molecule has 2 aromatic carbocycles. The van der Waals surface area contributed by atoms with E-state index in [2.05, 4.69) is 15.5 Å². The number of esters is 1. The molecule has 0 saturated heterocycles. The SMILES string of the molecule is Cc1ccc(-n2c(C)cc(C(=O)COC(=O)/C(=C/c3ccccc3)n3nnnc3C)c2C)cc1. The smallest absolute Gasteiger partial charge is 0.357 e. The molecule has 8 nitrogen and oxygen atoms in total. The molecule has 0 spiro atoms. The van der Waals surface area contributed by atoms with Gasteiger partial charge >= 0.3 is 5.97 Å². The summed E-state index contributed by atoms with van der Waals surface area (Å²) in [6, 6.07) is 19.2. The lowest BCUT2D eigenvalue weighted by atomic mass is 10.1. The molecule has 0 radical (unpaired) electrons. The summed E-state index contributed by atoms with van der Waals surface area (Å²) < 4.78 is 8.72. The second-order valence-electron chi connectivity index (χ2n) is 8.03. The molecule has 0 fully saturated rings. The van der Waals surface area contributed by atoms with Crippen molar-refractivity contribution in [1.29, 1.82) is 0 Å². The minimum atomic E-state index is -0.694. The molecule has 8 heteroatoms. The van der Waals surface area contributed by atoms with Gasteiger partial charge in [0.05, 0.1) is 0 Å². The molecule has 0 aliphatic rings. The summed E-state index contributed by atoms with van der Waals surface area (Å²) in [5.41, 5.74) is 5.25. The topological polar surface area (TPSA) is 91.9 Å². The molecular weight excluding hydrogens is 430 g/mol. The summed E-state index contributed by atoms with van der Waals surface area (Å²) >= 11 is 0. The number of carbonyl (C=O) groups is 2. The fraction of sp³-hybridized carbons (Fsp3) is 0.192. The average Bonchev–Trinajstić information content (AvgIpc) is 3.39. The monoisotopic (exact) mass is 455 g/mol. The lowest BCUT2D eigenvalue weighted by Crippen LogP contribution is -2.19. The summed E-state index contributed by atoms with van der Waals surface area (Å²) in [7, 11) is 0. The highest BCUT2D eigenvalue weighted by Crippen LogP contribution is 2.22. The van der Waals surface area contributed by atoms with Crippen molar-refractivity contribution < 1.29 is 14.3 Å². The highest BCUT2D eigenvalue weighted by molar-refractivity contribution is 6.16. The molecule has 0 saturated carbocycles. The number of hydrogen-bond donors (Lipinski definition) is 0. The van der Waals surface area contributed by atoms with Gasteiger partial charge < -0.3 is 9.30 Å². The number of nitrogens with zero attached hydrogens (tertiary/aromatic N) is 5. The van der Waals surface area contributed by atoms with Gasteiger partial charge in [0.25, 0.3) is 0 Å². The average molecular weight is 456 g/mol. The molecule has 34 heavy (non-hydrogen) atoms. The molecule has 0 N–H and O–H groups in total. The van der Waals surface area contributed by atoms with Crippen molar-refractivity contribution in [2.75, 3.05) is 6.61 Å². The maximum Gasteiger partial charge on any atom is 0.357 e. The van der Waals surface area contributed by atoms with E-state index in [0.29, 0.717) is 11.4 Å². The Bertz CT molecular complexity index is 1370. The van der Waals surface area contributed by atoms with Crippen molar-refractivity contribution >= 4 is 23.5 Å². The molecule has 2 heterocycles. The van der Waals surface area contributed by atoms with Crippen molar-refractivity contribution in [3.8, 4) is 5.69 Å². The van der Waals surface area contributed by atoms with Crippen LogP contribution < -0.4 is 0 Å². The van der Waals surface area contributed by atoms with Gasteiger partial charge in [0, 0.05) is 22.6 Å². The van der Waals surface area contributed by atoms with Crippen LogP contribution in [0.25, 0.3) is 17.5 Å². The Morgan fingerprint density at radius 3 is 2.32 bits per heavy atom. The number of aryl methyl sites for hydroxylation is 3. The van der Waals surface area contributed by atoms with Crippen molar-refractivity contribution in [2.24, 2.45) is 0 Å². The summed E-state index contributed by atoms with van der Waals surface area (Å²) in [6.45, 7) is 7.13. The Balaban J connectivity index is 1.55. The summed E-state index contributed by atoms with van der Waals surface area (Å²) in [4.78, 5) is 26.0. The summed E-state index contributed by atoms with van der Waals surface area (Å²) in [5, 5.41) is 11.3. The normalized spacial score (nSPS) is 11.5. The quantitative estimate of drug-likeness (QED) is 0.236. The number of benzene rings is 2. The molecule has 172 valence electrons. The number of ether oxygens (including phenoxy) is 1. The van der Waals surface area contributed by atoms with Crippen LogP contribution in [0.5, 0.6) is 0 Å².